The molecule has 0 saturated heterocycles. The third-order valence-corrected chi connectivity index (χ3v) is 4.47. The fourth-order valence-corrected chi connectivity index (χ4v) is 2.98. The predicted octanol–water partition coefficient (Wildman–Crippen LogP) is 3.76. The molecule has 1 aromatic carbocycles. The molecule has 0 aliphatic carbocycles. The van der Waals surface area contributed by atoms with Crippen molar-refractivity contribution in [2.45, 2.75) is 32.9 Å². The summed E-state index contributed by atoms with van der Waals surface area (Å²) in [5.74, 6) is -0.207. The van der Waals surface area contributed by atoms with Crippen LogP contribution in [0, 0.1) is 5.82 Å². The van der Waals surface area contributed by atoms with E-state index in [0.29, 0.717) is 0 Å². The third-order valence-electron chi connectivity index (χ3n) is 3.43. The number of aryl methyl sites for hydroxylation is 1. The number of rotatable bonds is 6. The molecule has 0 aliphatic heterocycles. The van der Waals surface area contributed by atoms with Crippen LogP contribution in [0.25, 0.3) is 0 Å². The van der Waals surface area contributed by atoms with E-state index in [0.717, 1.165) is 34.9 Å². The summed E-state index contributed by atoms with van der Waals surface area (Å²) in [7, 11) is 3.86. The van der Waals surface area contributed by atoms with Crippen molar-refractivity contribution in [3.63, 3.8) is 0 Å². The summed E-state index contributed by atoms with van der Waals surface area (Å²) in [5, 5.41) is 6.72. The van der Waals surface area contributed by atoms with Gasteiger partial charge >= 0.3 is 0 Å². The summed E-state index contributed by atoms with van der Waals surface area (Å²) in [6.45, 7) is 4.93. The Hall–Kier alpha value is -1.46. The number of benzene rings is 1. The van der Waals surface area contributed by atoms with Gasteiger partial charge in [-0.15, -0.1) is 11.3 Å². The van der Waals surface area contributed by atoms with Crippen molar-refractivity contribution in [1.29, 1.82) is 0 Å². The topological polar surface area (TPSA) is 28.2 Å². The Morgan fingerprint density at radius 2 is 2.14 bits per heavy atom. The van der Waals surface area contributed by atoms with E-state index in [1.54, 1.807) is 17.4 Å². The highest BCUT2D eigenvalue weighted by molar-refractivity contribution is 7.09. The van der Waals surface area contributed by atoms with Gasteiger partial charge in [-0.25, -0.2) is 9.37 Å². The van der Waals surface area contributed by atoms with Crippen molar-refractivity contribution in [2.75, 3.05) is 19.0 Å². The van der Waals surface area contributed by atoms with Crippen molar-refractivity contribution in [2.24, 2.45) is 0 Å². The van der Waals surface area contributed by atoms with Crippen LogP contribution < -0.4 is 10.2 Å². The van der Waals surface area contributed by atoms with E-state index in [-0.39, 0.29) is 11.9 Å². The minimum atomic E-state index is -0.207. The molecule has 0 spiro atoms. The zero-order valence-electron chi connectivity index (χ0n) is 13.0. The molecule has 0 unspecified atom stereocenters. The maximum absolute atomic E-state index is 13.4. The average molecular weight is 307 g/mol. The van der Waals surface area contributed by atoms with E-state index >= 15 is 0 Å². The van der Waals surface area contributed by atoms with Gasteiger partial charge in [-0.2, -0.15) is 0 Å². The summed E-state index contributed by atoms with van der Waals surface area (Å²) in [6.07, 6.45) is 0.975. The van der Waals surface area contributed by atoms with Crippen LogP contribution in [0.2, 0.25) is 0 Å². The zero-order chi connectivity index (χ0) is 15.4. The van der Waals surface area contributed by atoms with Gasteiger partial charge < -0.3 is 10.2 Å². The zero-order valence-corrected chi connectivity index (χ0v) is 13.8. The van der Waals surface area contributed by atoms with Crippen LogP contribution in [0.4, 0.5) is 10.1 Å². The predicted molar refractivity (Wildman–Crippen MR) is 87.5 cm³/mol. The molecule has 0 fully saturated rings. The Morgan fingerprint density at radius 3 is 2.76 bits per heavy atom. The highest BCUT2D eigenvalue weighted by Crippen LogP contribution is 2.26. The molecule has 0 saturated carbocycles. The molecule has 114 valence electrons. The van der Waals surface area contributed by atoms with Gasteiger partial charge in [-0.1, -0.05) is 13.0 Å². The lowest BCUT2D eigenvalue weighted by Crippen LogP contribution is -2.21. The second-order valence-corrected chi connectivity index (χ2v) is 6.23. The van der Waals surface area contributed by atoms with Gasteiger partial charge in [0.15, 0.2) is 0 Å². The lowest BCUT2D eigenvalue weighted by molar-refractivity contribution is 0.565. The summed E-state index contributed by atoms with van der Waals surface area (Å²) in [5.41, 5.74) is 3.06. The van der Waals surface area contributed by atoms with Gasteiger partial charge in [0.25, 0.3) is 0 Å². The normalized spacial score (nSPS) is 12.4. The standard InChI is InChI=1S/C16H22FN3S/c1-5-16-19-13(10-21-16)9-18-11(2)14-7-6-12(17)8-15(14)20(3)4/h6-8,10-11,18H,5,9H2,1-4H3/t11-/m1/s1. The molecule has 0 radical (unpaired) electrons. The van der Waals surface area contributed by atoms with E-state index in [1.807, 2.05) is 25.1 Å². The van der Waals surface area contributed by atoms with Crippen LogP contribution in [0.1, 0.15) is 36.2 Å². The van der Waals surface area contributed by atoms with Gasteiger partial charge in [0, 0.05) is 37.7 Å². The first-order valence-electron chi connectivity index (χ1n) is 7.14. The van der Waals surface area contributed by atoms with Crippen molar-refractivity contribution in [1.82, 2.24) is 10.3 Å². The maximum atomic E-state index is 13.4. The molecule has 21 heavy (non-hydrogen) atoms. The van der Waals surface area contributed by atoms with Crippen molar-refractivity contribution in [3.05, 3.63) is 45.7 Å². The third kappa shape index (κ3) is 4.02. The summed E-state index contributed by atoms with van der Waals surface area (Å²) >= 11 is 1.70. The van der Waals surface area contributed by atoms with Gasteiger partial charge in [-0.05, 0) is 31.0 Å². The molecule has 1 heterocycles. The van der Waals surface area contributed by atoms with Gasteiger partial charge in [0.1, 0.15) is 5.82 Å². The molecular formula is C16H22FN3S. The number of aromatic nitrogens is 1. The Bertz CT molecular complexity index is 595. The molecule has 5 heteroatoms. The molecule has 2 aromatic rings. The first-order valence-corrected chi connectivity index (χ1v) is 8.02. The van der Waals surface area contributed by atoms with Crippen LogP contribution in [0.3, 0.4) is 0 Å². The van der Waals surface area contributed by atoms with Crippen LogP contribution >= 0.6 is 11.3 Å². The Morgan fingerprint density at radius 1 is 1.38 bits per heavy atom. The lowest BCUT2D eigenvalue weighted by Gasteiger charge is -2.22. The number of hydrogen-bond acceptors (Lipinski definition) is 4. The van der Waals surface area contributed by atoms with E-state index in [4.69, 9.17) is 0 Å². The summed E-state index contributed by atoms with van der Waals surface area (Å²) in [4.78, 5) is 6.49. The van der Waals surface area contributed by atoms with Gasteiger partial charge in [0.05, 0.1) is 10.7 Å². The minimum Gasteiger partial charge on any atom is -0.377 e. The SMILES string of the molecule is CCc1nc(CN[C@H](C)c2ccc(F)cc2N(C)C)cs1. The first-order chi connectivity index (χ1) is 10.0. The van der Waals surface area contributed by atoms with E-state index in [1.165, 1.54) is 6.07 Å². The van der Waals surface area contributed by atoms with Crippen molar-refractivity contribution in [3.8, 4) is 0 Å². The number of nitrogens with one attached hydrogen (secondary N) is 1. The minimum absolute atomic E-state index is 0.134. The fourth-order valence-electron chi connectivity index (χ4n) is 2.23. The molecule has 0 aliphatic rings. The number of nitrogens with zero attached hydrogens (tertiary/aromatic N) is 2. The lowest BCUT2D eigenvalue weighted by atomic mass is 10.1. The molecule has 1 atom stereocenters. The van der Waals surface area contributed by atoms with Crippen LogP contribution in [0.15, 0.2) is 23.6 Å². The number of halogens is 1. The molecule has 2 rings (SSSR count). The number of hydrogen-bond donors (Lipinski definition) is 1. The van der Waals surface area contributed by atoms with Crippen LogP contribution in [-0.4, -0.2) is 19.1 Å². The maximum Gasteiger partial charge on any atom is 0.125 e. The second kappa shape index (κ2) is 7.00. The highest BCUT2D eigenvalue weighted by atomic mass is 32.1. The van der Waals surface area contributed by atoms with E-state index in [9.17, 15) is 4.39 Å². The first kappa shape index (κ1) is 15.9. The average Bonchev–Trinajstić information content (AvgIpc) is 2.92. The molecule has 3 nitrogen and oxygen atoms in total. The fraction of sp³-hybridized carbons (Fsp3) is 0.438. The Balaban J connectivity index is 2.07. The summed E-state index contributed by atoms with van der Waals surface area (Å²) < 4.78 is 13.4. The molecule has 1 N–H and O–H groups in total. The number of anilines is 1. The Kier molecular flexibility index (Phi) is 5.31. The van der Waals surface area contributed by atoms with Crippen molar-refractivity contribution < 1.29 is 4.39 Å². The van der Waals surface area contributed by atoms with Gasteiger partial charge in [-0.3, -0.25) is 0 Å². The van der Waals surface area contributed by atoms with Crippen molar-refractivity contribution >= 4 is 17.0 Å². The van der Waals surface area contributed by atoms with Crippen LogP contribution in [-0.2, 0) is 13.0 Å². The van der Waals surface area contributed by atoms with E-state index in [2.05, 4.69) is 29.5 Å². The quantitative estimate of drug-likeness (QED) is 0.880. The van der Waals surface area contributed by atoms with Gasteiger partial charge in [0.2, 0.25) is 0 Å². The van der Waals surface area contributed by atoms with E-state index < -0.39 is 0 Å². The monoisotopic (exact) mass is 307 g/mol. The summed E-state index contributed by atoms with van der Waals surface area (Å²) in [6, 6.07) is 5.07. The van der Waals surface area contributed by atoms with Crippen LogP contribution in [0.5, 0.6) is 0 Å². The largest absolute Gasteiger partial charge is 0.377 e. The molecule has 1 aromatic heterocycles. The highest BCUT2D eigenvalue weighted by Gasteiger charge is 2.13. The molecular weight excluding hydrogens is 285 g/mol. The smallest absolute Gasteiger partial charge is 0.125 e. The molecule has 0 bridgehead atoms. The molecule has 0 amide bonds. The Labute approximate surface area is 129 Å². The second-order valence-electron chi connectivity index (χ2n) is 5.29. The number of thiazole rings is 1.